The molecular weight excluding hydrogens is 889 g/mol. The maximum atomic E-state index is 12.6. The van der Waals surface area contributed by atoms with Crippen LogP contribution in [0.3, 0.4) is 0 Å². The Hall–Kier alpha value is -4.58. The zero-order chi connectivity index (χ0) is 46.0. The molecular formula is C41H46N2O15S4. The smallest absolute Gasteiger partial charge is 0.303 e. The number of unbranched alkanes of at least 4 members (excludes halogenated alkanes) is 2. The molecule has 0 aliphatic carbocycles. The standard InChI is InChI=1S/C41H46N2O15S4/c1-6-42-31-16-14-27-29(21-25(59(46,47)48)23-33(27)61(52,53)54)38(31)40(2,3)35(42)11-10-12-36-41(4,18-20-58-5)39-30-22-26(60(49,50)51)24-34(62(55,56)57)28(30)15-17-32(39)43(36)19-9-7-8-13-37(44)45/h10-12,14-17,21-24H,6-9,13,18-20H2,1-5H3,(H4-,44,45,46,47,48,49,50,51,52,53,54,55,56,57). The minimum Gasteiger partial charge on any atom is -0.744 e. The van der Waals surface area contributed by atoms with E-state index in [0.717, 1.165) is 12.1 Å². The summed E-state index contributed by atoms with van der Waals surface area (Å²) in [4.78, 5) is 10.2. The summed E-state index contributed by atoms with van der Waals surface area (Å²) < 4.78 is 150. The van der Waals surface area contributed by atoms with Crippen LogP contribution in [-0.4, -0.2) is 100 Å². The van der Waals surface area contributed by atoms with Crippen molar-refractivity contribution in [3.05, 3.63) is 83.6 Å². The van der Waals surface area contributed by atoms with Crippen molar-refractivity contribution in [2.45, 2.75) is 90.2 Å². The van der Waals surface area contributed by atoms with Crippen molar-refractivity contribution in [1.29, 1.82) is 0 Å². The predicted octanol–water partition coefficient (Wildman–Crippen LogP) is 5.93. The molecule has 0 aromatic heterocycles. The molecule has 2 aliphatic rings. The first-order valence-electron chi connectivity index (χ1n) is 19.3. The maximum Gasteiger partial charge on any atom is 0.303 e. The second-order valence-electron chi connectivity index (χ2n) is 15.9. The number of nitrogens with zero attached hydrogens (tertiary/aromatic N) is 2. The lowest BCUT2D eigenvalue weighted by Gasteiger charge is -2.31. The number of rotatable bonds is 16. The average Bonchev–Trinajstić information content (AvgIpc) is 3.53. The van der Waals surface area contributed by atoms with Gasteiger partial charge in [-0.2, -0.15) is 29.8 Å². The number of carbonyl (C=O) groups is 1. The fourth-order valence-corrected chi connectivity index (χ4v) is 11.6. The molecule has 0 spiro atoms. The molecule has 4 aromatic carbocycles. The first-order valence-corrected chi connectivity index (χ1v) is 25.0. The predicted molar refractivity (Wildman–Crippen MR) is 228 cm³/mol. The molecule has 0 radical (unpaired) electrons. The Labute approximate surface area is 360 Å². The topological polar surface area (TPSA) is 273 Å². The highest BCUT2D eigenvalue weighted by molar-refractivity contribution is 7.87. The number of aliphatic carboxylic acids is 1. The Kier molecular flexibility index (Phi) is 12.5. The number of ether oxygens (including phenoxy) is 1. The number of hydrogen-bond donors (Lipinski definition) is 4. The lowest BCUT2D eigenvalue weighted by atomic mass is 9.76. The van der Waals surface area contributed by atoms with Gasteiger partial charge in [0, 0.05) is 66.6 Å². The van der Waals surface area contributed by atoms with Gasteiger partial charge in [0.1, 0.15) is 21.6 Å². The van der Waals surface area contributed by atoms with Gasteiger partial charge in [-0.1, -0.05) is 18.6 Å². The number of carboxylic acids is 1. The maximum absolute atomic E-state index is 12.6. The van der Waals surface area contributed by atoms with Gasteiger partial charge in [0.2, 0.25) is 5.69 Å². The summed E-state index contributed by atoms with van der Waals surface area (Å²) in [7, 11) is -18.7. The van der Waals surface area contributed by atoms with Crippen LogP contribution < -0.4 is 4.90 Å². The van der Waals surface area contributed by atoms with Crippen molar-refractivity contribution in [1.82, 2.24) is 0 Å². The van der Waals surface area contributed by atoms with E-state index in [0.29, 0.717) is 78.4 Å². The molecule has 4 N–H and O–H groups in total. The summed E-state index contributed by atoms with van der Waals surface area (Å²) in [5, 5.41) is 9.45. The van der Waals surface area contributed by atoms with E-state index < -0.39 is 76.9 Å². The SMILES string of the molecule is CC[N+]1=C(/C=C/C=C2/N(CCCCCC(=O)O)c3ccc4c(S(=O)(=O)[O-])cc(S(=O)(=O)O)cc4c3C2(C)CCOC)C(C)(C)c2c1ccc1c(S(=O)(=O)O)cc(S(=O)(=O)O)cc21. The van der Waals surface area contributed by atoms with Crippen LogP contribution in [-0.2, 0) is 60.8 Å². The molecule has 4 aromatic rings. The Morgan fingerprint density at radius 1 is 0.790 bits per heavy atom. The van der Waals surface area contributed by atoms with Crippen LogP contribution >= 0.6 is 0 Å². The number of benzene rings is 4. The van der Waals surface area contributed by atoms with Crippen molar-refractivity contribution in [3.63, 3.8) is 0 Å². The summed E-state index contributed by atoms with van der Waals surface area (Å²) in [5.74, 6) is -0.944. The lowest BCUT2D eigenvalue weighted by molar-refractivity contribution is -0.433. The molecule has 0 saturated carbocycles. The fourth-order valence-electron chi connectivity index (χ4n) is 8.95. The quantitative estimate of drug-likeness (QED) is 0.0575. The van der Waals surface area contributed by atoms with Crippen LogP contribution in [0.1, 0.15) is 70.9 Å². The van der Waals surface area contributed by atoms with Crippen LogP contribution in [0.5, 0.6) is 0 Å². The molecule has 6 rings (SSSR count). The normalized spacial score (nSPS) is 18.7. The molecule has 334 valence electrons. The number of anilines is 1. The third kappa shape index (κ3) is 8.57. The van der Waals surface area contributed by atoms with Gasteiger partial charge >= 0.3 is 5.97 Å². The second-order valence-corrected chi connectivity index (χ2v) is 21.5. The number of carboxylic acid groups (broad SMARTS) is 1. The first-order chi connectivity index (χ1) is 28.7. The zero-order valence-electron chi connectivity index (χ0n) is 34.3. The minimum absolute atomic E-state index is 0.0315. The largest absolute Gasteiger partial charge is 0.744 e. The molecule has 62 heavy (non-hydrogen) atoms. The number of methoxy groups -OCH3 is 1. The summed E-state index contributed by atoms with van der Waals surface area (Å²) in [6.45, 7) is 8.32. The van der Waals surface area contributed by atoms with Gasteiger partial charge in [0.25, 0.3) is 30.4 Å². The molecule has 21 heteroatoms. The Morgan fingerprint density at radius 2 is 1.37 bits per heavy atom. The van der Waals surface area contributed by atoms with E-state index in [-0.39, 0.29) is 41.0 Å². The van der Waals surface area contributed by atoms with E-state index in [1.54, 1.807) is 18.2 Å². The van der Waals surface area contributed by atoms with E-state index in [2.05, 4.69) is 0 Å². The highest BCUT2D eigenvalue weighted by Crippen LogP contribution is 2.54. The van der Waals surface area contributed by atoms with E-state index in [4.69, 9.17) is 4.74 Å². The number of hydrogen-bond acceptors (Lipinski definition) is 12. The van der Waals surface area contributed by atoms with Crippen LogP contribution in [0.2, 0.25) is 0 Å². The van der Waals surface area contributed by atoms with Crippen LogP contribution in [0.25, 0.3) is 21.5 Å². The summed E-state index contributed by atoms with van der Waals surface area (Å²) >= 11 is 0. The Morgan fingerprint density at radius 3 is 1.92 bits per heavy atom. The third-order valence-electron chi connectivity index (χ3n) is 11.7. The van der Waals surface area contributed by atoms with Crippen molar-refractivity contribution < 1.29 is 71.1 Å². The average molecular weight is 935 g/mol. The fraction of sp³-hybridized carbons (Fsp3) is 0.366. The summed E-state index contributed by atoms with van der Waals surface area (Å²) in [6.07, 6.45) is 7.04. The van der Waals surface area contributed by atoms with Gasteiger partial charge in [-0.25, -0.2) is 8.42 Å². The van der Waals surface area contributed by atoms with E-state index in [1.807, 2.05) is 49.3 Å². The van der Waals surface area contributed by atoms with Crippen molar-refractivity contribution in [3.8, 4) is 0 Å². The van der Waals surface area contributed by atoms with Gasteiger partial charge in [-0.3, -0.25) is 18.5 Å². The lowest BCUT2D eigenvalue weighted by Crippen LogP contribution is -2.30. The van der Waals surface area contributed by atoms with Crippen LogP contribution in [0.4, 0.5) is 11.4 Å². The molecule has 2 heterocycles. The molecule has 0 fully saturated rings. The molecule has 1 atom stereocenters. The number of allylic oxidation sites excluding steroid dienone is 4. The van der Waals surface area contributed by atoms with Gasteiger partial charge in [0.05, 0.1) is 20.1 Å². The third-order valence-corrected chi connectivity index (χ3v) is 15.1. The van der Waals surface area contributed by atoms with E-state index in [1.165, 1.54) is 19.2 Å². The van der Waals surface area contributed by atoms with Crippen molar-refractivity contribution in [2.75, 3.05) is 31.7 Å². The highest BCUT2D eigenvalue weighted by atomic mass is 32.2. The molecule has 0 amide bonds. The molecule has 17 nitrogen and oxygen atoms in total. The molecule has 0 saturated heterocycles. The van der Waals surface area contributed by atoms with Gasteiger partial charge in [-0.15, -0.1) is 0 Å². The van der Waals surface area contributed by atoms with Crippen molar-refractivity contribution in [2.24, 2.45) is 0 Å². The molecule has 0 bridgehead atoms. The van der Waals surface area contributed by atoms with Crippen molar-refractivity contribution >= 4 is 85.1 Å². The van der Waals surface area contributed by atoms with Crippen LogP contribution in [0, 0.1) is 0 Å². The van der Waals surface area contributed by atoms with Crippen LogP contribution in [0.15, 0.2) is 92.0 Å². The van der Waals surface area contributed by atoms with Gasteiger partial charge in [0.15, 0.2) is 5.71 Å². The van der Waals surface area contributed by atoms with Gasteiger partial charge in [-0.05, 0) is 111 Å². The summed E-state index contributed by atoms with van der Waals surface area (Å²) in [5.41, 5.74) is 1.43. The highest BCUT2D eigenvalue weighted by Gasteiger charge is 2.47. The molecule has 1 unspecified atom stereocenters. The number of fused-ring (bicyclic) bond motifs is 6. The monoisotopic (exact) mass is 934 g/mol. The minimum atomic E-state index is -5.27. The second kappa shape index (κ2) is 16.5. The Bertz CT molecular complexity index is 3100. The summed E-state index contributed by atoms with van der Waals surface area (Å²) in [6, 6.07) is 9.75. The van der Waals surface area contributed by atoms with E-state index in [9.17, 15) is 61.8 Å². The first kappa shape index (κ1) is 46.9. The van der Waals surface area contributed by atoms with Gasteiger partial charge < -0.3 is 19.3 Å². The molecule has 2 aliphatic heterocycles. The zero-order valence-corrected chi connectivity index (χ0v) is 37.6. The Balaban J connectivity index is 1.58. The van der Waals surface area contributed by atoms with E-state index >= 15 is 0 Å².